The van der Waals surface area contributed by atoms with Gasteiger partial charge in [0.2, 0.25) is 5.91 Å². The van der Waals surface area contributed by atoms with E-state index >= 15 is 0 Å². The summed E-state index contributed by atoms with van der Waals surface area (Å²) in [6.07, 6.45) is -0.366. The minimum atomic E-state index is -1.18. The van der Waals surface area contributed by atoms with Gasteiger partial charge in [-0.05, 0) is 25.5 Å². The molecule has 1 aliphatic rings. The van der Waals surface area contributed by atoms with Crippen LogP contribution in [0.2, 0.25) is 5.02 Å². The quantitative estimate of drug-likeness (QED) is 0.658. The van der Waals surface area contributed by atoms with Crippen LogP contribution in [-0.2, 0) is 14.3 Å². The van der Waals surface area contributed by atoms with E-state index in [0.29, 0.717) is 10.6 Å². The van der Waals surface area contributed by atoms with Crippen molar-refractivity contribution in [2.75, 3.05) is 0 Å². The second-order valence-electron chi connectivity index (χ2n) is 4.93. The maximum absolute atomic E-state index is 12.1. The molecule has 0 bridgehead atoms. The molecule has 1 saturated heterocycles. The molecule has 1 aromatic carbocycles. The number of carbonyl (C=O) groups is 3. The van der Waals surface area contributed by atoms with Gasteiger partial charge in [-0.1, -0.05) is 29.8 Å². The van der Waals surface area contributed by atoms with Gasteiger partial charge in [0, 0.05) is 5.02 Å². The number of nitrogens with one attached hydrogen (secondary N) is 2. The average molecular weight is 311 g/mol. The van der Waals surface area contributed by atoms with Crippen molar-refractivity contribution in [2.45, 2.75) is 26.0 Å². The molecule has 1 aromatic rings. The molecule has 0 saturated carbocycles. The van der Waals surface area contributed by atoms with E-state index in [-0.39, 0.29) is 6.10 Å². The van der Waals surface area contributed by atoms with Crippen LogP contribution in [0.1, 0.15) is 25.5 Å². The summed E-state index contributed by atoms with van der Waals surface area (Å²) in [7, 11) is 0. The molecule has 0 aliphatic carbocycles. The van der Waals surface area contributed by atoms with Crippen LogP contribution >= 0.6 is 11.6 Å². The van der Waals surface area contributed by atoms with Crippen LogP contribution in [0.3, 0.4) is 0 Å². The number of ether oxygens (including phenoxy) is 1. The smallest absolute Gasteiger partial charge is 0.321 e. The van der Waals surface area contributed by atoms with Gasteiger partial charge in [0.25, 0.3) is 0 Å². The Hall–Kier alpha value is -2.08. The van der Waals surface area contributed by atoms with E-state index in [1.54, 1.807) is 38.1 Å². The molecule has 2 atom stereocenters. The van der Waals surface area contributed by atoms with Gasteiger partial charge in [-0.3, -0.25) is 14.9 Å². The van der Waals surface area contributed by atoms with Crippen LogP contribution in [-0.4, -0.2) is 24.0 Å². The number of halogens is 1. The first kappa shape index (κ1) is 15.3. The first-order valence-electron chi connectivity index (χ1n) is 6.46. The molecule has 2 rings (SSSR count). The van der Waals surface area contributed by atoms with Crippen molar-refractivity contribution in [2.24, 2.45) is 5.92 Å². The Kier molecular flexibility index (Phi) is 4.47. The van der Waals surface area contributed by atoms with Gasteiger partial charge in [0.15, 0.2) is 5.92 Å². The zero-order valence-corrected chi connectivity index (χ0v) is 12.3. The number of rotatable bonds is 3. The third-order valence-corrected chi connectivity index (χ3v) is 3.33. The first-order chi connectivity index (χ1) is 9.90. The largest absolute Gasteiger partial charge is 0.462 e. The van der Waals surface area contributed by atoms with Crippen molar-refractivity contribution >= 4 is 29.5 Å². The number of imide groups is 1. The van der Waals surface area contributed by atoms with Gasteiger partial charge in [-0.15, -0.1) is 0 Å². The lowest BCUT2D eigenvalue weighted by molar-refractivity contribution is -0.157. The molecule has 1 heterocycles. The fourth-order valence-electron chi connectivity index (χ4n) is 2.14. The van der Waals surface area contributed by atoms with Gasteiger partial charge < -0.3 is 10.1 Å². The molecule has 2 N–H and O–H groups in total. The summed E-state index contributed by atoms with van der Waals surface area (Å²) >= 11 is 6.09. The Bertz CT molecular complexity index is 588. The normalized spacial score (nSPS) is 21.7. The number of hydrogen-bond acceptors (Lipinski definition) is 4. The predicted molar refractivity (Wildman–Crippen MR) is 75.6 cm³/mol. The van der Waals surface area contributed by atoms with Gasteiger partial charge >= 0.3 is 12.0 Å². The second kappa shape index (κ2) is 6.13. The van der Waals surface area contributed by atoms with E-state index < -0.39 is 29.9 Å². The predicted octanol–water partition coefficient (Wildman–Crippen LogP) is 1.79. The number of amides is 3. The molecule has 3 amide bonds. The Morgan fingerprint density at radius 3 is 2.57 bits per heavy atom. The molecule has 0 radical (unpaired) electrons. The Balaban J connectivity index is 2.38. The number of carbonyl (C=O) groups excluding carboxylic acids is 3. The molecule has 6 nitrogen and oxygen atoms in total. The van der Waals surface area contributed by atoms with E-state index in [0.717, 1.165) is 0 Å². The summed E-state index contributed by atoms with van der Waals surface area (Å²) in [6, 6.07) is 5.19. The monoisotopic (exact) mass is 310 g/mol. The third-order valence-electron chi connectivity index (χ3n) is 2.99. The lowest BCUT2D eigenvalue weighted by Gasteiger charge is -2.31. The van der Waals surface area contributed by atoms with Crippen molar-refractivity contribution in [3.05, 3.63) is 34.9 Å². The number of hydrogen-bond donors (Lipinski definition) is 2. The Morgan fingerprint density at radius 1 is 1.29 bits per heavy atom. The van der Waals surface area contributed by atoms with Gasteiger partial charge in [0.1, 0.15) is 0 Å². The van der Waals surface area contributed by atoms with Gasteiger partial charge in [-0.25, -0.2) is 4.79 Å². The van der Waals surface area contributed by atoms with Crippen molar-refractivity contribution < 1.29 is 19.1 Å². The fourth-order valence-corrected chi connectivity index (χ4v) is 2.39. The van der Waals surface area contributed by atoms with Crippen LogP contribution in [0.5, 0.6) is 0 Å². The molecule has 1 aliphatic heterocycles. The minimum Gasteiger partial charge on any atom is -0.462 e. The van der Waals surface area contributed by atoms with Crippen LogP contribution in [0.4, 0.5) is 4.79 Å². The summed E-state index contributed by atoms with van der Waals surface area (Å²) in [5.74, 6) is -2.58. The van der Waals surface area contributed by atoms with Crippen LogP contribution < -0.4 is 10.6 Å². The lowest BCUT2D eigenvalue weighted by Crippen LogP contribution is -2.56. The number of benzene rings is 1. The molecule has 2 unspecified atom stereocenters. The lowest BCUT2D eigenvalue weighted by atomic mass is 9.90. The zero-order chi connectivity index (χ0) is 15.6. The first-order valence-corrected chi connectivity index (χ1v) is 6.84. The van der Waals surface area contributed by atoms with E-state index in [9.17, 15) is 14.4 Å². The highest BCUT2D eigenvalue weighted by atomic mass is 35.5. The van der Waals surface area contributed by atoms with E-state index in [4.69, 9.17) is 16.3 Å². The summed E-state index contributed by atoms with van der Waals surface area (Å²) in [5.41, 5.74) is 0.494. The Labute approximate surface area is 126 Å². The van der Waals surface area contributed by atoms with Gasteiger partial charge in [-0.2, -0.15) is 0 Å². The highest BCUT2D eigenvalue weighted by Gasteiger charge is 2.43. The van der Waals surface area contributed by atoms with E-state index in [1.807, 2.05) is 0 Å². The summed E-state index contributed by atoms with van der Waals surface area (Å²) in [4.78, 5) is 35.7. The number of urea groups is 1. The fraction of sp³-hybridized carbons (Fsp3) is 0.357. The van der Waals surface area contributed by atoms with Crippen molar-refractivity contribution in [3.8, 4) is 0 Å². The van der Waals surface area contributed by atoms with Crippen LogP contribution in [0.15, 0.2) is 24.3 Å². The van der Waals surface area contributed by atoms with Gasteiger partial charge in [0.05, 0.1) is 12.1 Å². The number of esters is 1. The van der Waals surface area contributed by atoms with Crippen molar-refractivity contribution in [3.63, 3.8) is 0 Å². The van der Waals surface area contributed by atoms with Crippen molar-refractivity contribution in [1.82, 2.24) is 10.6 Å². The Morgan fingerprint density at radius 2 is 1.95 bits per heavy atom. The molecule has 7 heteroatoms. The molecule has 112 valence electrons. The van der Waals surface area contributed by atoms with Crippen molar-refractivity contribution in [1.29, 1.82) is 0 Å². The molecule has 0 spiro atoms. The maximum Gasteiger partial charge on any atom is 0.321 e. The molecule has 21 heavy (non-hydrogen) atoms. The molecule has 1 fully saturated rings. The molecular weight excluding hydrogens is 296 g/mol. The van der Waals surface area contributed by atoms with E-state index in [1.165, 1.54) is 0 Å². The topological polar surface area (TPSA) is 84.5 Å². The highest BCUT2D eigenvalue weighted by molar-refractivity contribution is 6.31. The second-order valence-corrected chi connectivity index (χ2v) is 5.33. The highest BCUT2D eigenvalue weighted by Crippen LogP contribution is 2.31. The SMILES string of the molecule is CC(C)OC(=O)C1C(=O)NC(=O)NC1c1ccccc1Cl. The summed E-state index contributed by atoms with van der Waals surface area (Å²) < 4.78 is 5.09. The summed E-state index contributed by atoms with van der Waals surface area (Å²) in [5, 5.41) is 4.98. The maximum atomic E-state index is 12.1. The summed E-state index contributed by atoms with van der Waals surface area (Å²) in [6.45, 7) is 3.36. The van der Waals surface area contributed by atoms with Crippen LogP contribution in [0, 0.1) is 5.92 Å². The molecule has 0 aromatic heterocycles. The zero-order valence-electron chi connectivity index (χ0n) is 11.6. The minimum absolute atomic E-state index is 0.361. The van der Waals surface area contributed by atoms with E-state index in [2.05, 4.69) is 10.6 Å². The third kappa shape index (κ3) is 3.33. The average Bonchev–Trinajstić information content (AvgIpc) is 2.37. The standard InChI is InChI=1S/C14H15ClN2O4/c1-7(2)21-13(19)10-11(16-14(20)17-12(10)18)8-5-3-4-6-9(8)15/h3-7,10-11H,1-2H3,(H2,16,17,18,20). The van der Waals surface area contributed by atoms with Crippen LogP contribution in [0.25, 0.3) is 0 Å². The molecular formula is C14H15ClN2O4.